The summed E-state index contributed by atoms with van der Waals surface area (Å²) >= 11 is 0. The van der Waals surface area contributed by atoms with Crippen LogP contribution in [0.25, 0.3) is 5.69 Å². The first kappa shape index (κ1) is 17.5. The first-order valence-electron chi connectivity index (χ1n) is 8.40. The zero-order valence-corrected chi connectivity index (χ0v) is 15.1. The Morgan fingerprint density at radius 1 is 1.22 bits per heavy atom. The lowest BCUT2D eigenvalue weighted by Gasteiger charge is -2.40. The fraction of sp³-hybridized carbons (Fsp3) is 0.222. The second kappa shape index (κ2) is 6.36. The first-order chi connectivity index (χ1) is 12.9. The van der Waals surface area contributed by atoms with E-state index >= 15 is 0 Å². The van der Waals surface area contributed by atoms with E-state index in [-0.39, 0.29) is 6.03 Å². The molecule has 0 spiro atoms. The molecule has 1 aliphatic carbocycles. The summed E-state index contributed by atoms with van der Waals surface area (Å²) in [6, 6.07) is 7.30. The zero-order chi connectivity index (χ0) is 19.1. The molecule has 2 aromatic rings. The Morgan fingerprint density at radius 2 is 1.96 bits per heavy atom. The van der Waals surface area contributed by atoms with Gasteiger partial charge >= 0.3 is 6.03 Å². The molecule has 1 saturated heterocycles. The van der Waals surface area contributed by atoms with Crippen LogP contribution in [0, 0.1) is 0 Å². The van der Waals surface area contributed by atoms with Gasteiger partial charge in [0.2, 0.25) is 0 Å². The number of hydrogen-bond donors (Lipinski definition) is 2. The second-order valence-electron chi connectivity index (χ2n) is 6.39. The number of rotatable bonds is 4. The van der Waals surface area contributed by atoms with Gasteiger partial charge in [-0.25, -0.2) is 9.78 Å². The monoisotopic (exact) mass is 386 g/mol. The van der Waals surface area contributed by atoms with Crippen LogP contribution < -0.4 is 5.32 Å². The summed E-state index contributed by atoms with van der Waals surface area (Å²) in [5, 5.41) is 1.65. The minimum atomic E-state index is -4.26. The molecule has 2 aliphatic rings. The van der Waals surface area contributed by atoms with Crippen molar-refractivity contribution in [1.82, 2.24) is 19.8 Å². The Labute approximate surface area is 156 Å². The highest BCUT2D eigenvalue weighted by Gasteiger charge is 2.43. The van der Waals surface area contributed by atoms with Gasteiger partial charge in [0.05, 0.1) is 12.0 Å². The predicted octanol–water partition coefficient (Wildman–Crippen LogP) is 1.48. The summed E-state index contributed by atoms with van der Waals surface area (Å²) in [7, 11) is -4.26. The molecule has 0 unspecified atom stereocenters. The van der Waals surface area contributed by atoms with E-state index in [9.17, 15) is 17.8 Å². The van der Waals surface area contributed by atoms with Crippen molar-refractivity contribution in [3.63, 3.8) is 0 Å². The van der Waals surface area contributed by atoms with Crippen molar-refractivity contribution in [2.45, 2.75) is 10.8 Å². The second-order valence-corrected chi connectivity index (χ2v) is 7.97. The summed E-state index contributed by atoms with van der Waals surface area (Å²) < 4.78 is 34.2. The van der Waals surface area contributed by atoms with Gasteiger partial charge in [-0.3, -0.25) is 4.55 Å². The summed E-state index contributed by atoms with van der Waals surface area (Å²) in [4.78, 5) is 18.2. The Hall–Kier alpha value is -2.91. The van der Waals surface area contributed by atoms with Gasteiger partial charge in [0.25, 0.3) is 10.1 Å². The maximum Gasteiger partial charge on any atom is 0.318 e. The maximum absolute atomic E-state index is 12.5. The van der Waals surface area contributed by atoms with Crippen molar-refractivity contribution in [3.05, 3.63) is 72.9 Å². The van der Waals surface area contributed by atoms with E-state index in [0.717, 1.165) is 11.3 Å². The smallest absolute Gasteiger partial charge is 0.318 e. The van der Waals surface area contributed by atoms with Crippen LogP contribution in [0.3, 0.4) is 0 Å². The van der Waals surface area contributed by atoms with E-state index < -0.39 is 20.9 Å². The molecule has 2 heterocycles. The van der Waals surface area contributed by atoms with Crippen molar-refractivity contribution in [3.8, 4) is 5.69 Å². The van der Waals surface area contributed by atoms with Crippen LogP contribution >= 0.6 is 0 Å². The maximum atomic E-state index is 12.5. The third-order valence-corrected chi connectivity index (χ3v) is 5.85. The predicted molar refractivity (Wildman–Crippen MR) is 99.0 cm³/mol. The minimum absolute atomic E-state index is 0.241. The van der Waals surface area contributed by atoms with Crippen molar-refractivity contribution in [1.29, 1.82) is 0 Å². The van der Waals surface area contributed by atoms with Gasteiger partial charge in [-0.2, -0.15) is 8.42 Å². The number of aromatic nitrogens is 2. The molecule has 1 aliphatic heterocycles. The Bertz CT molecular complexity index is 1010. The number of amides is 2. The molecule has 0 atom stereocenters. The van der Waals surface area contributed by atoms with Crippen molar-refractivity contribution in [2.24, 2.45) is 0 Å². The molecule has 1 aromatic carbocycles. The number of imidazole rings is 1. The van der Waals surface area contributed by atoms with Crippen LogP contribution in [-0.2, 0) is 15.7 Å². The van der Waals surface area contributed by atoms with Gasteiger partial charge in [0.15, 0.2) is 0 Å². The molecule has 9 heteroatoms. The van der Waals surface area contributed by atoms with Gasteiger partial charge in [0.1, 0.15) is 10.8 Å². The molecule has 4 rings (SSSR count). The molecular weight excluding hydrogens is 368 g/mol. The standard InChI is InChI=1S/C18H18N4O4S/c23-17-20-10-12-22(17)18(7-5-14(6-8-18)27(24,25)26)15-3-1-2-4-16(15)21-11-9-19-13-21/h1-9,11,13-14H,10,12H2,(H,20,23)(H,24,25,26). The number of carbonyl (C=O) groups is 1. The van der Waals surface area contributed by atoms with Crippen LogP contribution in [0.2, 0.25) is 0 Å². The molecule has 2 amide bonds. The lowest BCUT2D eigenvalue weighted by Crippen LogP contribution is -2.47. The number of carbonyl (C=O) groups excluding carboxylic acids is 1. The summed E-state index contributed by atoms with van der Waals surface area (Å²) in [6.45, 7) is 0.958. The molecule has 2 N–H and O–H groups in total. The topological polar surface area (TPSA) is 105 Å². The highest BCUT2D eigenvalue weighted by Crippen LogP contribution is 2.39. The van der Waals surface area contributed by atoms with Crippen LogP contribution in [-0.4, -0.2) is 51.8 Å². The molecule has 0 bridgehead atoms. The third kappa shape index (κ3) is 2.94. The number of urea groups is 1. The first-order valence-corrected chi connectivity index (χ1v) is 9.90. The van der Waals surface area contributed by atoms with E-state index in [0.29, 0.717) is 13.1 Å². The quantitative estimate of drug-likeness (QED) is 0.612. The summed E-state index contributed by atoms with van der Waals surface area (Å²) in [5.74, 6) is 0. The SMILES string of the molecule is O=C1NCCN1C1(c2ccccc2-n2ccnc2)C=CC(S(=O)(=O)O)C=C1. The number of nitrogens with one attached hydrogen (secondary N) is 1. The van der Waals surface area contributed by atoms with Crippen LogP contribution in [0.5, 0.6) is 0 Å². The molecule has 8 nitrogen and oxygen atoms in total. The fourth-order valence-electron chi connectivity index (χ4n) is 3.57. The molecular formula is C18H18N4O4S. The average Bonchev–Trinajstić information content (AvgIpc) is 3.33. The fourth-order valence-corrected chi connectivity index (χ4v) is 4.12. The molecule has 1 aromatic heterocycles. The highest BCUT2D eigenvalue weighted by molar-refractivity contribution is 7.86. The van der Waals surface area contributed by atoms with Crippen molar-refractivity contribution in [2.75, 3.05) is 13.1 Å². The van der Waals surface area contributed by atoms with Crippen LogP contribution in [0.1, 0.15) is 5.56 Å². The van der Waals surface area contributed by atoms with Gasteiger partial charge < -0.3 is 14.8 Å². The Balaban J connectivity index is 1.90. The van der Waals surface area contributed by atoms with Crippen molar-refractivity contribution >= 4 is 16.1 Å². The lowest BCUT2D eigenvalue weighted by molar-refractivity contribution is 0.187. The molecule has 140 valence electrons. The van der Waals surface area contributed by atoms with Gasteiger partial charge in [-0.1, -0.05) is 42.5 Å². The van der Waals surface area contributed by atoms with Crippen molar-refractivity contribution < 1.29 is 17.8 Å². The minimum Gasteiger partial charge on any atom is -0.336 e. The number of para-hydroxylation sites is 1. The molecule has 0 saturated carbocycles. The van der Waals surface area contributed by atoms with E-state index in [2.05, 4.69) is 10.3 Å². The van der Waals surface area contributed by atoms with Gasteiger partial charge in [-0.15, -0.1) is 0 Å². The van der Waals surface area contributed by atoms with Gasteiger partial charge in [-0.05, 0) is 6.07 Å². The number of nitrogens with zero attached hydrogens (tertiary/aromatic N) is 3. The Kier molecular flexibility index (Phi) is 4.12. The largest absolute Gasteiger partial charge is 0.336 e. The highest BCUT2D eigenvalue weighted by atomic mass is 32.2. The number of benzene rings is 1. The molecule has 1 fully saturated rings. The molecule has 27 heavy (non-hydrogen) atoms. The average molecular weight is 386 g/mol. The van der Waals surface area contributed by atoms with E-state index in [4.69, 9.17) is 0 Å². The molecule has 0 radical (unpaired) electrons. The van der Waals surface area contributed by atoms with E-state index in [1.807, 2.05) is 28.8 Å². The zero-order valence-electron chi connectivity index (χ0n) is 14.3. The third-order valence-electron chi connectivity index (χ3n) is 4.85. The Morgan fingerprint density at radius 3 is 2.56 bits per heavy atom. The van der Waals surface area contributed by atoms with Crippen LogP contribution in [0.15, 0.2) is 67.3 Å². The van der Waals surface area contributed by atoms with E-state index in [1.165, 1.54) is 12.2 Å². The van der Waals surface area contributed by atoms with Crippen LogP contribution in [0.4, 0.5) is 4.79 Å². The van der Waals surface area contributed by atoms with E-state index in [1.54, 1.807) is 35.8 Å². The lowest BCUT2D eigenvalue weighted by atomic mass is 9.83. The summed E-state index contributed by atoms with van der Waals surface area (Å²) in [5.41, 5.74) is 0.624. The number of hydrogen-bond acceptors (Lipinski definition) is 4. The van der Waals surface area contributed by atoms with Gasteiger partial charge in [0, 0.05) is 31.0 Å². The summed E-state index contributed by atoms with van der Waals surface area (Å²) in [6.07, 6.45) is 11.3. The normalized spacial score (nSPS) is 25.0.